The van der Waals surface area contributed by atoms with Crippen LogP contribution in [0.1, 0.15) is 31.7 Å². The Balaban J connectivity index is 1.17. The van der Waals surface area contributed by atoms with Crippen LogP contribution in [0.25, 0.3) is 22.3 Å². The third-order valence-electron chi connectivity index (χ3n) is 7.92. The van der Waals surface area contributed by atoms with Crippen LogP contribution in [0.4, 0.5) is 5.82 Å². The van der Waals surface area contributed by atoms with E-state index in [0.29, 0.717) is 24.0 Å². The molecule has 0 spiro atoms. The SMILES string of the molecule is Nc1ncnc2c1ncn2[C@@H]1O[C@@H]2COP(=O)(O)O[C@@H]3[C@H](O)C(CCC[C@H]2[C@H]1O)O[C@H]3n1cnc2c(=O)[nH]c(=O)[nH]c21. The first-order valence-corrected chi connectivity index (χ1v) is 14.6. The summed E-state index contributed by atoms with van der Waals surface area (Å²) in [7, 11) is -4.87. The van der Waals surface area contributed by atoms with Gasteiger partial charge in [0, 0.05) is 5.92 Å². The van der Waals surface area contributed by atoms with Crippen LogP contribution < -0.4 is 17.0 Å². The highest BCUT2D eigenvalue weighted by Crippen LogP contribution is 2.51. The Bertz CT molecular complexity index is 1820. The summed E-state index contributed by atoms with van der Waals surface area (Å²) in [4.78, 5) is 55.6. The largest absolute Gasteiger partial charge is 0.472 e. The van der Waals surface area contributed by atoms with Gasteiger partial charge in [-0.15, -0.1) is 0 Å². The Kier molecular flexibility index (Phi) is 6.51. The van der Waals surface area contributed by atoms with Crippen LogP contribution >= 0.6 is 7.82 Å². The van der Waals surface area contributed by atoms with Gasteiger partial charge in [0.15, 0.2) is 29.4 Å². The number of imidazole rings is 2. The van der Waals surface area contributed by atoms with E-state index in [1.54, 1.807) is 0 Å². The average Bonchev–Trinajstić information content (AvgIpc) is 3.69. The van der Waals surface area contributed by atoms with Crippen LogP contribution in [-0.2, 0) is 23.1 Å². The summed E-state index contributed by atoms with van der Waals surface area (Å²) in [6.07, 6.45) is -2.82. The number of hydrogen-bond donors (Lipinski definition) is 6. The Morgan fingerprint density at radius 1 is 0.952 bits per heavy atom. The first-order valence-electron chi connectivity index (χ1n) is 13.1. The predicted molar refractivity (Wildman–Crippen MR) is 139 cm³/mol. The Hall–Kier alpha value is -3.55. The van der Waals surface area contributed by atoms with Crippen molar-refractivity contribution < 1.29 is 38.2 Å². The molecule has 42 heavy (non-hydrogen) atoms. The summed E-state index contributed by atoms with van der Waals surface area (Å²) in [6, 6.07) is 0. The smallest absolute Gasteiger partial charge is 0.388 e. The molecule has 7 N–H and O–H groups in total. The van der Waals surface area contributed by atoms with Gasteiger partial charge in [-0.1, -0.05) is 6.42 Å². The molecule has 0 radical (unpaired) electrons. The van der Waals surface area contributed by atoms with Gasteiger partial charge in [0.25, 0.3) is 5.56 Å². The van der Waals surface area contributed by atoms with Crippen molar-refractivity contribution in [3.63, 3.8) is 0 Å². The first kappa shape index (κ1) is 27.3. The van der Waals surface area contributed by atoms with Crippen molar-refractivity contribution in [3.8, 4) is 0 Å². The molecule has 20 heteroatoms. The predicted octanol–water partition coefficient (Wildman–Crippen LogP) is -1.35. The van der Waals surface area contributed by atoms with Gasteiger partial charge in [-0.3, -0.25) is 32.9 Å². The first-order chi connectivity index (χ1) is 20.1. The lowest BCUT2D eigenvalue weighted by molar-refractivity contribution is -0.0569. The minimum absolute atomic E-state index is 0.0237. The maximum absolute atomic E-state index is 13.1. The Labute approximate surface area is 233 Å². The molecule has 0 aromatic carbocycles. The monoisotopic (exact) mass is 607 g/mol. The third kappa shape index (κ3) is 4.45. The summed E-state index contributed by atoms with van der Waals surface area (Å²) in [5, 5.41) is 22.4. The molecule has 2 unspecified atom stereocenters. The van der Waals surface area contributed by atoms with E-state index in [0.717, 1.165) is 0 Å². The number of aromatic amines is 2. The number of nitrogens with one attached hydrogen (secondary N) is 2. The molecule has 224 valence electrons. The number of hydrogen-bond acceptors (Lipinski definition) is 14. The zero-order chi connectivity index (χ0) is 29.3. The molecule has 4 aromatic heterocycles. The van der Waals surface area contributed by atoms with Gasteiger partial charge >= 0.3 is 13.5 Å². The molecule has 19 nitrogen and oxygen atoms in total. The van der Waals surface area contributed by atoms with Gasteiger partial charge in [0.2, 0.25) is 0 Å². The summed E-state index contributed by atoms with van der Waals surface area (Å²) in [6.45, 7) is -0.426. The molecular weight excluding hydrogens is 581 g/mol. The van der Waals surface area contributed by atoms with Gasteiger partial charge < -0.3 is 30.3 Å². The summed E-state index contributed by atoms with van der Waals surface area (Å²) in [5.74, 6) is -0.390. The van der Waals surface area contributed by atoms with Crippen molar-refractivity contribution >= 4 is 36.0 Å². The van der Waals surface area contributed by atoms with Gasteiger partial charge in [-0.25, -0.2) is 29.3 Å². The fourth-order valence-electron chi connectivity index (χ4n) is 5.94. The van der Waals surface area contributed by atoms with E-state index in [-0.39, 0.29) is 23.4 Å². The Morgan fingerprint density at radius 2 is 1.71 bits per heavy atom. The number of aliphatic hydroxyl groups excluding tert-OH is 2. The lowest BCUT2D eigenvalue weighted by Gasteiger charge is -2.26. The summed E-state index contributed by atoms with van der Waals surface area (Å²) >= 11 is 0. The number of rotatable bonds is 2. The molecule has 0 amide bonds. The fourth-order valence-corrected chi connectivity index (χ4v) is 6.88. The number of ether oxygens (including phenoxy) is 2. The molecule has 3 saturated heterocycles. The average molecular weight is 607 g/mol. The number of phosphoric acid groups is 1. The topological polar surface area (TPSA) is 268 Å². The van der Waals surface area contributed by atoms with Crippen LogP contribution in [0.3, 0.4) is 0 Å². The van der Waals surface area contributed by atoms with E-state index >= 15 is 0 Å². The number of anilines is 1. The van der Waals surface area contributed by atoms with Gasteiger partial charge in [-0.2, -0.15) is 0 Å². The van der Waals surface area contributed by atoms with E-state index in [1.807, 2.05) is 0 Å². The number of phosphoric ester groups is 1. The molecule has 3 fully saturated rings. The van der Waals surface area contributed by atoms with E-state index in [4.69, 9.17) is 24.3 Å². The number of H-pyrrole nitrogens is 2. The van der Waals surface area contributed by atoms with E-state index in [1.165, 1.54) is 28.1 Å². The van der Waals surface area contributed by atoms with Crippen LogP contribution in [0, 0.1) is 5.92 Å². The molecule has 0 aliphatic carbocycles. The van der Waals surface area contributed by atoms with Crippen LogP contribution in [0.5, 0.6) is 0 Å². The third-order valence-corrected chi connectivity index (χ3v) is 8.91. The molecule has 3 aliphatic heterocycles. The molecule has 0 saturated carbocycles. The van der Waals surface area contributed by atoms with Crippen molar-refractivity contribution in [2.75, 3.05) is 12.3 Å². The lowest BCUT2D eigenvalue weighted by Crippen LogP contribution is -2.35. The number of nitrogens with zero attached hydrogens (tertiary/aromatic N) is 6. The molecule has 2 bridgehead atoms. The highest BCUT2D eigenvalue weighted by molar-refractivity contribution is 7.47. The summed E-state index contributed by atoms with van der Waals surface area (Å²) < 4.78 is 38.8. The van der Waals surface area contributed by atoms with Crippen LogP contribution in [0.2, 0.25) is 0 Å². The number of nitrogen functional groups attached to an aromatic ring is 1. The highest BCUT2D eigenvalue weighted by atomic mass is 31.2. The normalized spacial score (nSPS) is 35.7. The van der Waals surface area contributed by atoms with Gasteiger partial charge in [0.05, 0.1) is 31.5 Å². The van der Waals surface area contributed by atoms with Crippen LogP contribution in [0.15, 0.2) is 28.6 Å². The van der Waals surface area contributed by atoms with Crippen molar-refractivity contribution in [1.82, 2.24) is 39.0 Å². The maximum Gasteiger partial charge on any atom is 0.472 e. The summed E-state index contributed by atoms with van der Waals surface area (Å²) in [5.41, 5.74) is 4.89. The zero-order valence-electron chi connectivity index (χ0n) is 21.6. The van der Waals surface area contributed by atoms with Crippen molar-refractivity contribution in [1.29, 1.82) is 0 Å². The molecule has 3 aliphatic rings. The molecule has 7 heterocycles. The highest BCUT2D eigenvalue weighted by Gasteiger charge is 2.51. The quantitative estimate of drug-likeness (QED) is 0.144. The molecular formula is C22H26N9O10P. The Morgan fingerprint density at radius 3 is 2.55 bits per heavy atom. The van der Waals surface area contributed by atoms with Crippen molar-refractivity contribution in [3.05, 3.63) is 39.8 Å². The second-order valence-electron chi connectivity index (χ2n) is 10.4. The second kappa shape index (κ2) is 10.0. The van der Waals surface area contributed by atoms with Crippen molar-refractivity contribution in [2.24, 2.45) is 5.92 Å². The van der Waals surface area contributed by atoms with Gasteiger partial charge in [0.1, 0.15) is 35.8 Å². The van der Waals surface area contributed by atoms with E-state index in [2.05, 4.69) is 29.9 Å². The molecule has 7 rings (SSSR count). The molecule has 9 atom stereocenters. The molecule has 4 aromatic rings. The zero-order valence-corrected chi connectivity index (χ0v) is 22.5. The number of aromatic nitrogens is 8. The lowest BCUT2D eigenvalue weighted by atomic mass is 9.91. The van der Waals surface area contributed by atoms with Gasteiger partial charge in [-0.05, 0) is 12.8 Å². The van der Waals surface area contributed by atoms with E-state index in [9.17, 15) is 29.3 Å². The van der Waals surface area contributed by atoms with E-state index < -0.39 is 74.6 Å². The number of fused-ring (bicyclic) bond motifs is 5. The minimum Gasteiger partial charge on any atom is -0.388 e. The maximum atomic E-state index is 13.1. The number of nitrogens with two attached hydrogens (primary N) is 1. The standard InChI is InChI=1S/C22H26N9O10P/c23-16-11-17(25-5-24-16)30(6-26-11)20-13(32)8-2-1-3-9-14(33)15(41-42(36,37)38-4-10(8)40-20)21(39-9)31-7-27-12-18(31)28-22(35)29-19(12)34/h5-10,13-15,20-21,32-33H,1-4H2,(H,36,37)(H2,23,24,25)(H2,28,29,34,35)/t8-,9?,10-,13-,14-,15-,20-,21-/m1/s1. The number of aliphatic hydroxyl groups is 2. The van der Waals surface area contributed by atoms with Crippen molar-refractivity contribution in [2.45, 2.75) is 62.2 Å². The van der Waals surface area contributed by atoms with Crippen LogP contribution in [-0.4, -0.2) is 91.3 Å². The second-order valence-corrected chi connectivity index (χ2v) is 11.8. The fraction of sp³-hybridized carbons (Fsp3) is 0.545. The minimum atomic E-state index is -4.87.